The van der Waals surface area contributed by atoms with Crippen LogP contribution >= 0.6 is 60.5 Å². The average molecular weight is 273 g/mol. The lowest BCUT2D eigenvalue weighted by molar-refractivity contribution is 0.110. The minimum Gasteiger partial charge on any atom is -0.341 e. The van der Waals surface area contributed by atoms with E-state index in [4.69, 9.17) is 4.74 Å². The maximum atomic E-state index is 5.97. The molecule has 0 aromatic rings. The summed E-state index contributed by atoms with van der Waals surface area (Å²) in [5, 5.41) is 0.652. The standard InChI is InChI=1S/C7H12OS5/c9-1-5-3-11-7(8-5)12-4-6(2-10)13-7/h5-6,9-10H,1-4H2. The summed E-state index contributed by atoms with van der Waals surface area (Å²) in [6, 6.07) is 0. The van der Waals surface area contributed by atoms with E-state index in [-0.39, 0.29) is 3.60 Å². The molecule has 2 rings (SSSR count). The quantitative estimate of drug-likeness (QED) is 0.747. The predicted molar refractivity (Wildman–Crippen MR) is 71.6 cm³/mol. The van der Waals surface area contributed by atoms with Crippen molar-refractivity contribution >= 4 is 60.5 Å². The van der Waals surface area contributed by atoms with Crippen LogP contribution in [0.25, 0.3) is 0 Å². The molecule has 13 heavy (non-hydrogen) atoms. The first kappa shape index (κ1) is 11.2. The molecule has 1 spiro atoms. The van der Waals surface area contributed by atoms with E-state index in [2.05, 4.69) is 25.3 Å². The van der Waals surface area contributed by atoms with E-state index in [0.29, 0.717) is 11.4 Å². The van der Waals surface area contributed by atoms with Crippen LogP contribution in [0.3, 0.4) is 0 Å². The van der Waals surface area contributed by atoms with E-state index in [1.165, 1.54) is 5.75 Å². The molecule has 0 aromatic heterocycles. The lowest BCUT2D eigenvalue weighted by atomic mass is 10.5. The Bertz CT molecular complexity index is 168. The highest BCUT2D eigenvalue weighted by Crippen LogP contribution is 2.59. The van der Waals surface area contributed by atoms with E-state index in [1.807, 2.05) is 35.3 Å². The second kappa shape index (κ2) is 4.70. The minimum atomic E-state index is -0.0131. The van der Waals surface area contributed by atoms with Crippen molar-refractivity contribution in [3.8, 4) is 0 Å². The van der Waals surface area contributed by atoms with Gasteiger partial charge in [-0.2, -0.15) is 25.3 Å². The molecule has 0 N–H and O–H groups in total. The molecular formula is C7H12OS5. The maximum Gasteiger partial charge on any atom is 0.209 e. The first-order valence-electron chi connectivity index (χ1n) is 4.13. The van der Waals surface area contributed by atoms with Crippen molar-refractivity contribution in [1.29, 1.82) is 0 Å². The largest absolute Gasteiger partial charge is 0.341 e. The number of hydrogen-bond acceptors (Lipinski definition) is 6. The second-order valence-electron chi connectivity index (χ2n) is 2.97. The zero-order chi connectivity index (χ0) is 9.31. The molecule has 2 fully saturated rings. The van der Waals surface area contributed by atoms with Crippen molar-refractivity contribution in [2.45, 2.75) is 15.0 Å². The molecule has 3 atom stereocenters. The summed E-state index contributed by atoms with van der Waals surface area (Å²) in [5.41, 5.74) is 0. The molecule has 3 unspecified atom stereocenters. The molecular weight excluding hydrogens is 260 g/mol. The third-order valence-electron chi connectivity index (χ3n) is 1.92. The first-order valence-corrected chi connectivity index (χ1v) is 8.25. The summed E-state index contributed by atoms with van der Waals surface area (Å²) in [7, 11) is 0. The van der Waals surface area contributed by atoms with Crippen molar-refractivity contribution in [1.82, 2.24) is 0 Å². The molecule has 2 heterocycles. The van der Waals surface area contributed by atoms with Gasteiger partial charge in [-0.25, -0.2) is 0 Å². The highest BCUT2D eigenvalue weighted by atomic mass is 32.3. The lowest BCUT2D eigenvalue weighted by Crippen LogP contribution is -2.18. The molecule has 0 aliphatic carbocycles. The molecule has 0 amide bonds. The lowest BCUT2D eigenvalue weighted by Gasteiger charge is -2.20. The molecule has 0 radical (unpaired) electrons. The van der Waals surface area contributed by atoms with Crippen molar-refractivity contribution in [2.75, 3.05) is 23.0 Å². The Balaban J connectivity index is 1.93. The van der Waals surface area contributed by atoms with Gasteiger partial charge in [0.25, 0.3) is 0 Å². The van der Waals surface area contributed by atoms with Gasteiger partial charge in [0, 0.05) is 28.3 Å². The van der Waals surface area contributed by atoms with Crippen LogP contribution < -0.4 is 0 Å². The zero-order valence-corrected chi connectivity index (χ0v) is 11.2. The molecule has 0 aromatic carbocycles. The summed E-state index contributed by atoms with van der Waals surface area (Å²) < 4.78 is 5.96. The van der Waals surface area contributed by atoms with Crippen molar-refractivity contribution in [2.24, 2.45) is 0 Å². The van der Waals surface area contributed by atoms with Gasteiger partial charge in [0.2, 0.25) is 3.60 Å². The first-order chi connectivity index (χ1) is 6.28. The van der Waals surface area contributed by atoms with E-state index in [0.717, 1.165) is 17.3 Å². The van der Waals surface area contributed by atoms with Crippen LogP contribution in [0.1, 0.15) is 0 Å². The van der Waals surface area contributed by atoms with Gasteiger partial charge in [0.1, 0.15) is 0 Å². The Labute approximate surface area is 103 Å². The molecule has 0 bridgehead atoms. The van der Waals surface area contributed by atoms with Crippen molar-refractivity contribution < 1.29 is 4.74 Å². The van der Waals surface area contributed by atoms with E-state index in [1.54, 1.807) is 0 Å². The van der Waals surface area contributed by atoms with Gasteiger partial charge in [-0.05, 0) is 0 Å². The van der Waals surface area contributed by atoms with Crippen molar-refractivity contribution in [3.63, 3.8) is 0 Å². The van der Waals surface area contributed by atoms with Crippen molar-refractivity contribution in [3.05, 3.63) is 0 Å². The third-order valence-corrected chi connectivity index (χ3v) is 8.28. The minimum absolute atomic E-state index is 0.0131. The van der Waals surface area contributed by atoms with Gasteiger partial charge < -0.3 is 4.74 Å². The number of rotatable bonds is 2. The molecule has 2 aliphatic heterocycles. The summed E-state index contributed by atoms with van der Waals surface area (Å²) >= 11 is 14.4. The van der Waals surface area contributed by atoms with Crippen LogP contribution in [-0.4, -0.2) is 38.0 Å². The highest BCUT2D eigenvalue weighted by molar-refractivity contribution is 8.35. The predicted octanol–water partition coefficient (Wildman–Crippen LogP) is 2.44. The number of thioether (sulfide) groups is 3. The Kier molecular flexibility index (Phi) is 4.05. The topological polar surface area (TPSA) is 9.23 Å². The average Bonchev–Trinajstić information content (AvgIpc) is 2.74. The van der Waals surface area contributed by atoms with Crippen LogP contribution in [0.15, 0.2) is 0 Å². The van der Waals surface area contributed by atoms with Gasteiger partial charge >= 0.3 is 0 Å². The zero-order valence-electron chi connectivity index (χ0n) is 7.01. The van der Waals surface area contributed by atoms with E-state index in [9.17, 15) is 0 Å². The fourth-order valence-electron chi connectivity index (χ4n) is 1.25. The monoisotopic (exact) mass is 272 g/mol. The fourth-order valence-corrected chi connectivity index (χ4v) is 7.31. The Hall–Kier alpha value is 1.71. The number of hydrogen-bond donors (Lipinski definition) is 2. The van der Waals surface area contributed by atoms with Gasteiger partial charge in [-0.3, -0.25) is 0 Å². The Morgan fingerprint density at radius 1 is 1.23 bits per heavy atom. The summed E-state index contributed by atoms with van der Waals surface area (Å²) in [6.45, 7) is 0. The molecule has 76 valence electrons. The van der Waals surface area contributed by atoms with Crippen LogP contribution in [0, 0.1) is 0 Å². The second-order valence-corrected chi connectivity index (χ2v) is 8.34. The van der Waals surface area contributed by atoms with Gasteiger partial charge in [0.05, 0.1) is 6.10 Å². The number of thiol groups is 2. The van der Waals surface area contributed by atoms with E-state index >= 15 is 0 Å². The van der Waals surface area contributed by atoms with E-state index < -0.39 is 0 Å². The summed E-state index contributed by atoms with van der Waals surface area (Å²) in [4.78, 5) is 0. The summed E-state index contributed by atoms with van der Waals surface area (Å²) in [6.07, 6.45) is 0.340. The van der Waals surface area contributed by atoms with Crippen LogP contribution in [0.2, 0.25) is 0 Å². The van der Waals surface area contributed by atoms with Crippen LogP contribution in [0.5, 0.6) is 0 Å². The van der Waals surface area contributed by atoms with Crippen LogP contribution in [-0.2, 0) is 4.74 Å². The molecule has 6 heteroatoms. The fraction of sp³-hybridized carbons (Fsp3) is 1.00. The highest BCUT2D eigenvalue weighted by Gasteiger charge is 2.47. The third kappa shape index (κ3) is 2.45. The Morgan fingerprint density at radius 2 is 2.00 bits per heavy atom. The van der Waals surface area contributed by atoms with Gasteiger partial charge in [-0.1, -0.05) is 11.8 Å². The maximum absolute atomic E-state index is 5.97. The normalized spacial score (nSPS) is 44.8. The molecule has 2 aliphatic rings. The summed E-state index contributed by atoms with van der Waals surface area (Å²) in [5.74, 6) is 4.04. The van der Waals surface area contributed by atoms with Gasteiger partial charge in [0.15, 0.2) is 0 Å². The molecule has 1 nitrogen and oxygen atoms in total. The SMILES string of the molecule is SCC1CSC2(O1)SCC(CS)S2. The number of ether oxygens (including phenoxy) is 1. The molecule has 2 saturated heterocycles. The van der Waals surface area contributed by atoms with Gasteiger partial charge in [-0.15, -0.1) is 23.5 Å². The smallest absolute Gasteiger partial charge is 0.209 e. The van der Waals surface area contributed by atoms with Crippen LogP contribution in [0.4, 0.5) is 0 Å². The molecule has 0 saturated carbocycles. The Morgan fingerprint density at radius 3 is 2.54 bits per heavy atom.